The Morgan fingerprint density at radius 1 is 1.18 bits per heavy atom. The molecule has 0 aliphatic carbocycles. The first-order valence-electron chi connectivity index (χ1n) is 10.8. The Morgan fingerprint density at radius 2 is 1.85 bits per heavy atom. The highest BCUT2D eigenvalue weighted by atomic mass is 19.4. The first-order valence-corrected chi connectivity index (χ1v) is 10.8. The van der Waals surface area contributed by atoms with E-state index in [1.165, 1.54) is 17.0 Å². The summed E-state index contributed by atoms with van der Waals surface area (Å²) in [6.45, 7) is 5.74. The van der Waals surface area contributed by atoms with E-state index in [2.05, 4.69) is 17.1 Å². The number of halogens is 3. The molecule has 11 heteroatoms. The molecule has 33 heavy (non-hydrogen) atoms. The van der Waals surface area contributed by atoms with Gasteiger partial charge < -0.3 is 25.0 Å². The van der Waals surface area contributed by atoms with Gasteiger partial charge in [-0.1, -0.05) is 13.0 Å². The number of aliphatic hydroxyl groups is 1. The van der Waals surface area contributed by atoms with Crippen LogP contribution in [0.5, 0.6) is 0 Å². The number of β-amino-alcohol motifs (C(OH)–C–C–N with tert-alkyl or cyclic N) is 1. The van der Waals surface area contributed by atoms with Crippen molar-refractivity contribution in [2.24, 2.45) is 0 Å². The number of ether oxygens (including phenoxy) is 1. The lowest BCUT2D eigenvalue weighted by Crippen LogP contribution is -2.45. The van der Waals surface area contributed by atoms with Crippen molar-refractivity contribution >= 4 is 17.6 Å². The predicted octanol–water partition coefficient (Wildman–Crippen LogP) is 1.52. The van der Waals surface area contributed by atoms with Gasteiger partial charge in [-0.3, -0.25) is 9.69 Å². The zero-order valence-electron chi connectivity index (χ0n) is 18.7. The number of nitrogens with zero attached hydrogens (tertiary/aromatic N) is 3. The minimum atomic E-state index is -4.58. The van der Waals surface area contributed by atoms with E-state index in [-0.39, 0.29) is 48.8 Å². The molecule has 1 amide bonds. The minimum absolute atomic E-state index is 0.00220. The van der Waals surface area contributed by atoms with Crippen LogP contribution >= 0.6 is 0 Å². The van der Waals surface area contributed by atoms with Crippen molar-refractivity contribution in [2.45, 2.75) is 19.6 Å². The number of amides is 1. The lowest BCUT2D eigenvalue weighted by molar-refractivity contribution is -0.138. The van der Waals surface area contributed by atoms with Gasteiger partial charge in [-0.05, 0) is 24.2 Å². The number of benzene rings is 1. The van der Waals surface area contributed by atoms with Gasteiger partial charge in [-0.15, -0.1) is 0 Å². The van der Waals surface area contributed by atoms with Gasteiger partial charge in [-0.2, -0.15) is 13.2 Å². The second kappa shape index (κ2) is 10.5. The standard InChI is InChI=1S/C22H29F3N4O4/c1-3-27-6-8-28(9-7-27)13-15-4-5-16(12-18(15)22(23,24)25)26-19-17(21(32)33-2)14-29(10-11-30)20(19)31/h4-5,12,26,30H,3,6-11,13-14H2,1-2H3. The number of piperazine rings is 1. The van der Waals surface area contributed by atoms with Gasteiger partial charge in [0.1, 0.15) is 5.70 Å². The maximum Gasteiger partial charge on any atom is 0.416 e. The van der Waals surface area contributed by atoms with Gasteiger partial charge in [0.15, 0.2) is 0 Å². The van der Waals surface area contributed by atoms with Crippen molar-refractivity contribution in [1.29, 1.82) is 0 Å². The Balaban J connectivity index is 1.85. The van der Waals surface area contributed by atoms with Crippen LogP contribution in [0.1, 0.15) is 18.1 Å². The number of carbonyl (C=O) groups excluding carboxylic acids is 2. The fraction of sp³-hybridized carbons (Fsp3) is 0.545. The van der Waals surface area contributed by atoms with Crippen LogP contribution in [0, 0.1) is 0 Å². The number of hydrogen-bond donors (Lipinski definition) is 2. The summed E-state index contributed by atoms with van der Waals surface area (Å²) in [7, 11) is 1.16. The number of anilines is 1. The maximum atomic E-state index is 13.9. The van der Waals surface area contributed by atoms with Crippen LogP contribution in [-0.4, -0.2) is 91.2 Å². The molecule has 1 aromatic rings. The SMILES string of the molecule is CCN1CCN(Cc2ccc(NC3=C(C(=O)OC)CN(CCO)C3=O)cc2C(F)(F)F)CC1. The van der Waals surface area contributed by atoms with E-state index in [1.807, 2.05) is 4.90 Å². The molecule has 2 N–H and O–H groups in total. The maximum absolute atomic E-state index is 13.9. The van der Waals surface area contributed by atoms with Crippen LogP contribution in [0.4, 0.5) is 18.9 Å². The van der Waals surface area contributed by atoms with Gasteiger partial charge in [-0.25, -0.2) is 4.79 Å². The molecule has 0 aromatic heterocycles. The lowest BCUT2D eigenvalue weighted by Gasteiger charge is -2.34. The van der Waals surface area contributed by atoms with E-state index in [0.717, 1.165) is 32.8 Å². The summed E-state index contributed by atoms with van der Waals surface area (Å²) >= 11 is 0. The van der Waals surface area contributed by atoms with Crippen LogP contribution in [0.25, 0.3) is 0 Å². The molecule has 8 nitrogen and oxygen atoms in total. The molecule has 0 atom stereocenters. The predicted molar refractivity (Wildman–Crippen MR) is 115 cm³/mol. The summed E-state index contributed by atoms with van der Waals surface area (Å²) in [4.78, 5) is 30.2. The second-order valence-corrected chi connectivity index (χ2v) is 8.00. The fourth-order valence-corrected chi connectivity index (χ4v) is 4.05. The van der Waals surface area contributed by atoms with E-state index < -0.39 is 23.6 Å². The number of alkyl halides is 3. The molecule has 2 aliphatic rings. The van der Waals surface area contributed by atoms with E-state index in [1.54, 1.807) is 0 Å². The van der Waals surface area contributed by atoms with Crippen LogP contribution < -0.4 is 5.32 Å². The van der Waals surface area contributed by atoms with E-state index in [9.17, 15) is 22.8 Å². The van der Waals surface area contributed by atoms with Gasteiger partial charge in [0.2, 0.25) is 0 Å². The van der Waals surface area contributed by atoms with Crippen LogP contribution in [0.2, 0.25) is 0 Å². The van der Waals surface area contributed by atoms with Crippen molar-refractivity contribution in [3.05, 3.63) is 40.6 Å². The molecular formula is C22H29F3N4O4. The average molecular weight is 470 g/mol. The molecule has 182 valence electrons. The van der Waals surface area contributed by atoms with Crippen LogP contribution in [-0.2, 0) is 27.0 Å². The number of aliphatic hydroxyl groups excluding tert-OH is 1. The summed E-state index contributed by atoms with van der Waals surface area (Å²) in [5.41, 5.74) is -0.741. The Hall–Kier alpha value is -2.63. The topological polar surface area (TPSA) is 85.3 Å². The molecule has 3 rings (SSSR count). The monoisotopic (exact) mass is 470 g/mol. The largest absolute Gasteiger partial charge is 0.466 e. The summed E-state index contributed by atoms with van der Waals surface area (Å²) in [5, 5.41) is 11.8. The number of carbonyl (C=O) groups is 2. The summed E-state index contributed by atoms with van der Waals surface area (Å²) < 4.78 is 46.3. The van der Waals surface area contributed by atoms with Gasteiger partial charge in [0.25, 0.3) is 5.91 Å². The minimum Gasteiger partial charge on any atom is -0.466 e. The summed E-state index contributed by atoms with van der Waals surface area (Å²) in [5.74, 6) is -1.35. The third kappa shape index (κ3) is 5.84. The Bertz CT molecular complexity index is 911. The molecule has 0 radical (unpaired) electrons. The molecule has 0 saturated carbocycles. The second-order valence-electron chi connectivity index (χ2n) is 8.00. The number of hydrogen-bond acceptors (Lipinski definition) is 7. The molecule has 0 spiro atoms. The molecule has 1 aromatic carbocycles. The Labute approximate surface area is 190 Å². The highest BCUT2D eigenvalue weighted by molar-refractivity contribution is 6.08. The molecule has 2 aliphatic heterocycles. The average Bonchev–Trinajstić information content (AvgIpc) is 3.09. The van der Waals surface area contributed by atoms with Gasteiger partial charge >= 0.3 is 12.1 Å². The number of rotatable bonds is 8. The number of methoxy groups -OCH3 is 1. The third-order valence-corrected chi connectivity index (χ3v) is 5.94. The van der Waals surface area contributed by atoms with E-state index >= 15 is 0 Å². The van der Waals surface area contributed by atoms with Crippen molar-refractivity contribution in [3.63, 3.8) is 0 Å². The van der Waals surface area contributed by atoms with Crippen molar-refractivity contribution in [2.75, 3.05) is 64.8 Å². The zero-order valence-corrected chi connectivity index (χ0v) is 18.7. The normalized spacial score (nSPS) is 18.2. The zero-order chi connectivity index (χ0) is 24.2. The highest BCUT2D eigenvalue weighted by Gasteiger charge is 2.36. The Morgan fingerprint density at radius 3 is 2.42 bits per heavy atom. The highest BCUT2D eigenvalue weighted by Crippen LogP contribution is 2.35. The van der Waals surface area contributed by atoms with Gasteiger partial charge in [0, 0.05) is 45.0 Å². The molecule has 1 fully saturated rings. The molecule has 2 heterocycles. The van der Waals surface area contributed by atoms with Crippen molar-refractivity contribution < 1.29 is 32.6 Å². The fourth-order valence-electron chi connectivity index (χ4n) is 4.05. The molecule has 0 bridgehead atoms. The van der Waals surface area contributed by atoms with E-state index in [0.29, 0.717) is 13.1 Å². The first kappa shape index (κ1) is 25.0. The number of likely N-dealkylation sites (N-methyl/N-ethyl adjacent to an activating group) is 1. The molecule has 0 unspecified atom stereocenters. The molecular weight excluding hydrogens is 441 g/mol. The summed E-state index contributed by atoms with van der Waals surface area (Å²) in [6.07, 6.45) is -4.58. The van der Waals surface area contributed by atoms with Gasteiger partial charge in [0.05, 0.1) is 31.4 Å². The van der Waals surface area contributed by atoms with Crippen molar-refractivity contribution in [1.82, 2.24) is 14.7 Å². The lowest BCUT2D eigenvalue weighted by atomic mass is 10.0. The summed E-state index contributed by atoms with van der Waals surface area (Å²) in [6, 6.07) is 3.83. The van der Waals surface area contributed by atoms with Crippen LogP contribution in [0.3, 0.4) is 0 Å². The van der Waals surface area contributed by atoms with Crippen molar-refractivity contribution in [3.8, 4) is 0 Å². The van der Waals surface area contributed by atoms with Crippen LogP contribution in [0.15, 0.2) is 29.5 Å². The smallest absolute Gasteiger partial charge is 0.416 e. The number of nitrogens with one attached hydrogen (secondary N) is 1. The number of esters is 1. The Kier molecular flexibility index (Phi) is 7.98. The van der Waals surface area contributed by atoms with E-state index in [4.69, 9.17) is 9.84 Å². The quantitative estimate of drug-likeness (QED) is 0.558. The first-order chi connectivity index (χ1) is 15.7. The molecule has 1 saturated heterocycles. The third-order valence-electron chi connectivity index (χ3n) is 5.94.